The van der Waals surface area contributed by atoms with Crippen molar-refractivity contribution in [3.8, 4) is 0 Å². The standard InChI is InChI=1S/C13H22N4O2S/c1-3-11(9-18)16-4-6-17(7-5-16)13(19)14-12-8-10(2)15-20-12/h8,11,18H,3-7,9H2,1-2H3,(H,14,19). The lowest BCUT2D eigenvalue weighted by molar-refractivity contribution is 0.0766. The van der Waals surface area contributed by atoms with Gasteiger partial charge in [0.15, 0.2) is 0 Å². The highest BCUT2D eigenvalue weighted by Crippen LogP contribution is 2.17. The highest BCUT2D eigenvalue weighted by Gasteiger charge is 2.25. The molecular weight excluding hydrogens is 276 g/mol. The van der Waals surface area contributed by atoms with E-state index in [1.54, 1.807) is 0 Å². The molecule has 0 bridgehead atoms. The van der Waals surface area contributed by atoms with Crippen LogP contribution in [0, 0.1) is 6.92 Å². The third-order valence-corrected chi connectivity index (χ3v) is 4.45. The molecule has 1 unspecified atom stereocenters. The van der Waals surface area contributed by atoms with Crippen molar-refractivity contribution in [1.29, 1.82) is 0 Å². The topological polar surface area (TPSA) is 68.7 Å². The van der Waals surface area contributed by atoms with E-state index in [-0.39, 0.29) is 18.7 Å². The predicted molar refractivity (Wildman–Crippen MR) is 80.2 cm³/mol. The number of anilines is 1. The van der Waals surface area contributed by atoms with Gasteiger partial charge in [0.2, 0.25) is 0 Å². The summed E-state index contributed by atoms with van der Waals surface area (Å²) in [6.07, 6.45) is 0.933. The van der Waals surface area contributed by atoms with Crippen LogP contribution < -0.4 is 5.32 Å². The number of urea groups is 1. The SMILES string of the molecule is CCC(CO)N1CCN(C(=O)Nc2cc(C)ns2)CC1. The fraction of sp³-hybridized carbons (Fsp3) is 0.692. The van der Waals surface area contributed by atoms with Crippen LogP contribution in [0.5, 0.6) is 0 Å². The van der Waals surface area contributed by atoms with Gasteiger partial charge in [-0.05, 0) is 30.9 Å². The molecule has 0 saturated carbocycles. The summed E-state index contributed by atoms with van der Waals surface area (Å²) in [7, 11) is 0. The van der Waals surface area contributed by atoms with E-state index in [9.17, 15) is 9.90 Å². The van der Waals surface area contributed by atoms with Gasteiger partial charge in [0.25, 0.3) is 0 Å². The van der Waals surface area contributed by atoms with Gasteiger partial charge in [0, 0.05) is 32.2 Å². The summed E-state index contributed by atoms with van der Waals surface area (Å²) in [6.45, 7) is 7.18. The average molecular weight is 298 g/mol. The number of rotatable bonds is 4. The smallest absolute Gasteiger partial charge is 0.322 e. The number of nitrogens with one attached hydrogen (secondary N) is 1. The fourth-order valence-electron chi connectivity index (χ4n) is 2.40. The van der Waals surface area contributed by atoms with Crippen molar-refractivity contribution in [3.05, 3.63) is 11.8 Å². The molecule has 7 heteroatoms. The summed E-state index contributed by atoms with van der Waals surface area (Å²) in [5.74, 6) is 0. The number of aromatic nitrogens is 1. The number of carbonyl (C=O) groups excluding carboxylic acids is 1. The first kappa shape index (κ1) is 15.2. The summed E-state index contributed by atoms with van der Waals surface area (Å²) >= 11 is 1.30. The van der Waals surface area contributed by atoms with Gasteiger partial charge in [-0.3, -0.25) is 10.2 Å². The lowest BCUT2D eigenvalue weighted by Gasteiger charge is -2.38. The van der Waals surface area contributed by atoms with Crippen LogP contribution in [0.2, 0.25) is 0 Å². The van der Waals surface area contributed by atoms with E-state index in [0.29, 0.717) is 13.1 Å². The number of aliphatic hydroxyl groups is 1. The molecule has 0 aromatic carbocycles. The van der Waals surface area contributed by atoms with Crippen LogP contribution in [-0.4, -0.2) is 64.1 Å². The van der Waals surface area contributed by atoms with Crippen LogP contribution in [0.3, 0.4) is 0 Å². The Bertz CT molecular complexity index is 439. The van der Waals surface area contributed by atoms with Crippen LogP contribution in [0.15, 0.2) is 6.07 Å². The summed E-state index contributed by atoms with van der Waals surface area (Å²) in [4.78, 5) is 16.2. The lowest BCUT2D eigenvalue weighted by Crippen LogP contribution is -2.53. The second-order valence-corrected chi connectivity index (χ2v) is 5.84. The Balaban J connectivity index is 1.82. The molecule has 2 amide bonds. The number of amides is 2. The minimum atomic E-state index is -0.0645. The van der Waals surface area contributed by atoms with Crippen molar-refractivity contribution in [2.75, 3.05) is 38.1 Å². The van der Waals surface area contributed by atoms with E-state index in [1.807, 2.05) is 17.9 Å². The molecule has 6 nitrogen and oxygen atoms in total. The number of hydrogen-bond acceptors (Lipinski definition) is 5. The molecule has 0 spiro atoms. The average Bonchev–Trinajstić information content (AvgIpc) is 2.86. The molecule has 1 saturated heterocycles. The molecule has 1 atom stereocenters. The summed E-state index contributed by atoms with van der Waals surface area (Å²) in [5, 5.41) is 13.0. The molecule has 1 aliphatic heterocycles. The van der Waals surface area contributed by atoms with Gasteiger partial charge in [-0.2, -0.15) is 4.37 Å². The first-order valence-corrected chi connectivity index (χ1v) is 7.75. The monoisotopic (exact) mass is 298 g/mol. The zero-order valence-corrected chi connectivity index (χ0v) is 12.8. The molecule has 1 fully saturated rings. The Hall–Kier alpha value is -1.18. The van der Waals surface area contributed by atoms with Crippen LogP contribution in [0.25, 0.3) is 0 Å². The van der Waals surface area contributed by atoms with Gasteiger partial charge in [-0.15, -0.1) is 0 Å². The first-order valence-electron chi connectivity index (χ1n) is 6.98. The number of hydrogen-bond donors (Lipinski definition) is 2. The highest BCUT2D eigenvalue weighted by atomic mass is 32.1. The quantitative estimate of drug-likeness (QED) is 0.881. The fourth-order valence-corrected chi connectivity index (χ4v) is 3.05. The molecule has 0 radical (unpaired) electrons. The van der Waals surface area contributed by atoms with Crippen LogP contribution in [-0.2, 0) is 0 Å². The summed E-state index contributed by atoms with van der Waals surface area (Å²) < 4.78 is 4.14. The van der Waals surface area contributed by atoms with E-state index < -0.39 is 0 Å². The second-order valence-electron chi connectivity index (χ2n) is 5.03. The zero-order valence-electron chi connectivity index (χ0n) is 12.0. The maximum atomic E-state index is 12.1. The Kier molecular flexibility index (Phi) is 5.33. The third kappa shape index (κ3) is 3.68. The largest absolute Gasteiger partial charge is 0.395 e. The molecule has 0 aliphatic carbocycles. The number of piperazine rings is 1. The number of carbonyl (C=O) groups is 1. The Morgan fingerprint density at radius 3 is 2.70 bits per heavy atom. The normalized spacial score (nSPS) is 18.1. The molecule has 112 valence electrons. The molecule has 1 aromatic rings. The number of aryl methyl sites for hydroxylation is 1. The number of aliphatic hydroxyl groups excluding tert-OH is 1. The Morgan fingerprint density at radius 2 is 2.20 bits per heavy atom. The van der Waals surface area contributed by atoms with Gasteiger partial charge in [0.1, 0.15) is 5.00 Å². The summed E-state index contributed by atoms with van der Waals surface area (Å²) in [6, 6.07) is 2.02. The van der Waals surface area contributed by atoms with Crippen molar-refractivity contribution in [2.45, 2.75) is 26.3 Å². The summed E-state index contributed by atoms with van der Waals surface area (Å²) in [5.41, 5.74) is 0.920. The molecule has 2 N–H and O–H groups in total. The van der Waals surface area contributed by atoms with Crippen molar-refractivity contribution < 1.29 is 9.90 Å². The second kappa shape index (κ2) is 7.01. The van der Waals surface area contributed by atoms with E-state index in [1.165, 1.54) is 11.5 Å². The van der Waals surface area contributed by atoms with Gasteiger partial charge >= 0.3 is 6.03 Å². The molecule has 1 aromatic heterocycles. The van der Waals surface area contributed by atoms with E-state index in [0.717, 1.165) is 30.2 Å². The minimum Gasteiger partial charge on any atom is -0.395 e. The van der Waals surface area contributed by atoms with Crippen LogP contribution >= 0.6 is 11.5 Å². The Labute approximate surface area is 123 Å². The molecule has 1 aliphatic rings. The van der Waals surface area contributed by atoms with E-state index >= 15 is 0 Å². The Morgan fingerprint density at radius 1 is 1.50 bits per heavy atom. The molecular formula is C13H22N4O2S. The van der Waals surface area contributed by atoms with Crippen LogP contribution in [0.4, 0.5) is 9.80 Å². The maximum absolute atomic E-state index is 12.1. The van der Waals surface area contributed by atoms with Gasteiger partial charge in [0.05, 0.1) is 12.3 Å². The molecule has 2 heterocycles. The van der Waals surface area contributed by atoms with Crippen molar-refractivity contribution in [3.63, 3.8) is 0 Å². The molecule has 2 rings (SSSR count). The minimum absolute atomic E-state index is 0.0645. The molecule has 20 heavy (non-hydrogen) atoms. The highest BCUT2D eigenvalue weighted by molar-refractivity contribution is 7.10. The van der Waals surface area contributed by atoms with Gasteiger partial charge in [-0.1, -0.05) is 6.92 Å². The van der Waals surface area contributed by atoms with E-state index in [4.69, 9.17) is 0 Å². The lowest BCUT2D eigenvalue weighted by atomic mass is 10.2. The van der Waals surface area contributed by atoms with E-state index in [2.05, 4.69) is 21.5 Å². The maximum Gasteiger partial charge on any atom is 0.322 e. The third-order valence-electron chi connectivity index (χ3n) is 3.66. The van der Waals surface area contributed by atoms with Gasteiger partial charge in [-0.25, -0.2) is 4.79 Å². The van der Waals surface area contributed by atoms with Crippen molar-refractivity contribution >= 4 is 22.6 Å². The van der Waals surface area contributed by atoms with Gasteiger partial charge < -0.3 is 10.0 Å². The number of nitrogens with zero attached hydrogens (tertiary/aromatic N) is 3. The zero-order chi connectivity index (χ0) is 14.5. The van der Waals surface area contributed by atoms with Crippen molar-refractivity contribution in [1.82, 2.24) is 14.2 Å². The predicted octanol–water partition coefficient (Wildman–Crippen LogP) is 1.37. The first-order chi connectivity index (χ1) is 9.63. The van der Waals surface area contributed by atoms with Crippen molar-refractivity contribution in [2.24, 2.45) is 0 Å². The van der Waals surface area contributed by atoms with Crippen LogP contribution in [0.1, 0.15) is 19.0 Å².